The van der Waals surface area contributed by atoms with Crippen LogP contribution in [0.25, 0.3) is 0 Å². The topological polar surface area (TPSA) is 69.6 Å². The van der Waals surface area contributed by atoms with E-state index in [9.17, 15) is 14.7 Å². The predicted molar refractivity (Wildman–Crippen MR) is 70.6 cm³/mol. The summed E-state index contributed by atoms with van der Waals surface area (Å²) in [6, 6.07) is 8.90. The van der Waals surface area contributed by atoms with Crippen LogP contribution in [0.5, 0.6) is 0 Å². The van der Waals surface area contributed by atoms with E-state index >= 15 is 0 Å². The number of amides is 2. The van der Waals surface area contributed by atoms with Crippen LogP contribution < -0.4 is 5.32 Å². The van der Waals surface area contributed by atoms with Crippen molar-refractivity contribution in [3.05, 3.63) is 35.9 Å². The van der Waals surface area contributed by atoms with Gasteiger partial charge in [0.25, 0.3) is 5.91 Å². The molecule has 0 spiro atoms. The Morgan fingerprint density at radius 2 is 2.05 bits per heavy atom. The van der Waals surface area contributed by atoms with Gasteiger partial charge in [-0.25, -0.2) is 0 Å². The summed E-state index contributed by atoms with van der Waals surface area (Å²) in [6.07, 6.45) is 0.510. The van der Waals surface area contributed by atoms with E-state index in [0.717, 1.165) is 0 Å². The molecule has 2 rings (SSSR count). The summed E-state index contributed by atoms with van der Waals surface area (Å²) >= 11 is 0. The number of hydrogen-bond acceptors (Lipinski definition) is 3. The summed E-state index contributed by atoms with van der Waals surface area (Å²) < 4.78 is 0. The summed E-state index contributed by atoms with van der Waals surface area (Å²) in [5.74, 6) is -0.195. The molecule has 1 aromatic rings. The molecule has 0 saturated carbocycles. The largest absolute Gasteiger partial charge is 0.391 e. The lowest BCUT2D eigenvalue weighted by atomic mass is 10.2. The Morgan fingerprint density at radius 3 is 2.68 bits per heavy atom. The first-order valence-electron chi connectivity index (χ1n) is 6.46. The molecule has 2 N–H and O–H groups in total. The van der Waals surface area contributed by atoms with Crippen LogP contribution in [-0.2, 0) is 4.79 Å². The minimum absolute atomic E-state index is 0.0232. The lowest BCUT2D eigenvalue weighted by Crippen LogP contribution is -2.33. The van der Waals surface area contributed by atoms with E-state index in [2.05, 4.69) is 5.32 Å². The smallest absolute Gasteiger partial charge is 0.251 e. The molecule has 2 amide bonds. The van der Waals surface area contributed by atoms with Crippen LogP contribution >= 0.6 is 0 Å². The molecular formula is C14H18N2O3. The highest BCUT2D eigenvalue weighted by atomic mass is 16.3. The van der Waals surface area contributed by atoms with Gasteiger partial charge in [-0.2, -0.15) is 0 Å². The Kier molecular flexibility index (Phi) is 4.52. The molecule has 1 aromatic carbocycles. The fourth-order valence-electron chi connectivity index (χ4n) is 2.10. The molecule has 0 radical (unpaired) electrons. The third-order valence-corrected chi connectivity index (χ3v) is 3.18. The SMILES string of the molecule is O=C(NCCC(=O)N1CC[C@@H](O)C1)c1ccccc1. The van der Waals surface area contributed by atoms with E-state index in [1.165, 1.54) is 0 Å². The van der Waals surface area contributed by atoms with Gasteiger partial charge in [0.15, 0.2) is 0 Å². The van der Waals surface area contributed by atoms with Crippen molar-refractivity contribution in [3.63, 3.8) is 0 Å². The highest BCUT2D eigenvalue weighted by molar-refractivity contribution is 5.94. The van der Waals surface area contributed by atoms with Gasteiger partial charge in [-0.1, -0.05) is 18.2 Å². The molecule has 0 bridgehead atoms. The molecule has 0 unspecified atom stereocenters. The lowest BCUT2D eigenvalue weighted by Gasteiger charge is -2.15. The average molecular weight is 262 g/mol. The highest BCUT2D eigenvalue weighted by Gasteiger charge is 2.23. The molecule has 1 saturated heterocycles. The molecule has 102 valence electrons. The maximum Gasteiger partial charge on any atom is 0.251 e. The summed E-state index contributed by atoms with van der Waals surface area (Å²) in [4.78, 5) is 25.1. The molecular weight excluding hydrogens is 244 g/mol. The molecule has 19 heavy (non-hydrogen) atoms. The fourth-order valence-corrected chi connectivity index (χ4v) is 2.10. The molecule has 0 aromatic heterocycles. The number of nitrogens with zero attached hydrogens (tertiary/aromatic N) is 1. The van der Waals surface area contributed by atoms with Crippen molar-refractivity contribution in [2.45, 2.75) is 18.9 Å². The minimum atomic E-state index is -0.400. The Labute approximate surface area is 112 Å². The molecule has 1 heterocycles. The second kappa shape index (κ2) is 6.33. The van der Waals surface area contributed by atoms with Gasteiger partial charge >= 0.3 is 0 Å². The maximum atomic E-state index is 11.8. The Bertz CT molecular complexity index is 447. The number of aliphatic hydroxyl groups is 1. The number of hydrogen-bond donors (Lipinski definition) is 2. The third-order valence-electron chi connectivity index (χ3n) is 3.18. The monoisotopic (exact) mass is 262 g/mol. The number of β-amino-alcohol motifs (C(OH)–C–C–N with tert-alkyl or cyclic N) is 1. The van der Waals surface area contributed by atoms with Crippen molar-refractivity contribution in [1.82, 2.24) is 10.2 Å². The highest BCUT2D eigenvalue weighted by Crippen LogP contribution is 2.09. The van der Waals surface area contributed by atoms with Crippen LogP contribution in [0.15, 0.2) is 30.3 Å². The van der Waals surface area contributed by atoms with Gasteiger partial charge in [-0.05, 0) is 18.6 Å². The van der Waals surface area contributed by atoms with Crippen molar-refractivity contribution in [3.8, 4) is 0 Å². The van der Waals surface area contributed by atoms with Gasteiger partial charge in [-0.3, -0.25) is 9.59 Å². The first kappa shape index (κ1) is 13.5. The fraction of sp³-hybridized carbons (Fsp3) is 0.429. The zero-order valence-corrected chi connectivity index (χ0v) is 10.7. The quantitative estimate of drug-likeness (QED) is 0.825. The van der Waals surface area contributed by atoms with Crippen LogP contribution in [0, 0.1) is 0 Å². The van der Waals surface area contributed by atoms with Gasteiger partial charge in [0.1, 0.15) is 0 Å². The number of carbonyl (C=O) groups excluding carboxylic acids is 2. The van der Waals surface area contributed by atoms with E-state index in [0.29, 0.717) is 31.6 Å². The van der Waals surface area contributed by atoms with Crippen LogP contribution in [0.2, 0.25) is 0 Å². The molecule has 5 heteroatoms. The van der Waals surface area contributed by atoms with Crippen LogP contribution in [0.3, 0.4) is 0 Å². The summed E-state index contributed by atoms with van der Waals surface area (Å²) in [7, 11) is 0. The molecule has 1 atom stereocenters. The number of carbonyl (C=O) groups is 2. The van der Waals surface area contributed by atoms with Crippen molar-refractivity contribution >= 4 is 11.8 Å². The first-order chi connectivity index (χ1) is 9.16. The first-order valence-corrected chi connectivity index (χ1v) is 6.46. The van der Waals surface area contributed by atoms with E-state index in [4.69, 9.17) is 0 Å². The molecule has 1 fully saturated rings. The van der Waals surface area contributed by atoms with Crippen LogP contribution in [0.1, 0.15) is 23.2 Å². The van der Waals surface area contributed by atoms with Crippen molar-refractivity contribution in [1.29, 1.82) is 0 Å². The number of rotatable bonds is 4. The Morgan fingerprint density at radius 1 is 1.32 bits per heavy atom. The van der Waals surface area contributed by atoms with Crippen LogP contribution in [0.4, 0.5) is 0 Å². The zero-order chi connectivity index (χ0) is 13.7. The van der Waals surface area contributed by atoms with Gasteiger partial charge in [0.2, 0.25) is 5.91 Å². The van der Waals surface area contributed by atoms with Gasteiger partial charge in [0, 0.05) is 31.6 Å². The summed E-state index contributed by atoms with van der Waals surface area (Å²) in [5.41, 5.74) is 0.589. The van der Waals surface area contributed by atoms with Crippen molar-refractivity contribution < 1.29 is 14.7 Å². The Hall–Kier alpha value is -1.88. The second-order valence-electron chi connectivity index (χ2n) is 4.65. The van der Waals surface area contributed by atoms with Crippen LogP contribution in [-0.4, -0.2) is 47.6 Å². The minimum Gasteiger partial charge on any atom is -0.391 e. The normalized spacial score (nSPS) is 18.4. The van der Waals surface area contributed by atoms with E-state index in [1.807, 2.05) is 6.07 Å². The second-order valence-corrected chi connectivity index (χ2v) is 4.65. The molecule has 5 nitrogen and oxygen atoms in total. The number of benzene rings is 1. The maximum absolute atomic E-state index is 11.8. The Balaban J connectivity index is 1.72. The zero-order valence-electron chi connectivity index (χ0n) is 10.7. The summed E-state index contributed by atoms with van der Waals surface area (Å²) in [5, 5.41) is 12.1. The predicted octanol–water partition coefficient (Wildman–Crippen LogP) is 0.400. The molecule has 0 aliphatic carbocycles. The molecule has 1 aliphatic rings. The van der Waals surface area contributed by atoms with Gasteiger partial charge < -0.3 is 15.3 Å². The lowest BCUT2D eigenvalue weighted by molar-refractivity contribution is -0.130. The van der Waals surface area contributed by atoms with Crippen molar-refractivity contribution in [2.75, 3.05) is 19.6 Å². The van der Waals surface area contributed by atoms with Gasteiger partial charge in [-0.15, -0.1) is 0 Å². The summed E-state index contributed by atoms with van der Waals surface area (Å²) in [6.45, 7) is 1.33. The van der Waals surface area contributed by atoms with E-state index < -0.39 is 6.10 Å². The van der Waals surface area contributed by atoms with Crippen molar-refractivity contribution in [2.24, 2.45) is 0 Å². The molecule has 1 aliphatic heterocycles. The average Bonchev–Trinajstić information content (AvgIpc) is 2.86. The number of aliphatic hydroxyl groups excluding tert-OH is 1. The number of nitrogens with one attached hydrogen (secondary N) is 1. The van der Waals surface area contributed by atoms with E-state index in [1.54, 1.807) is 29.2 Å². The third kappa shape index (κ3) is 3.79. The number of likely N-dealkylation sites (tertiary alicyclic amines) is 1. The standard InChI is InChI=1S/C14H18N2O3/c17-12-7-9-16(10-12)13(18)6-8-15-14(19)11-4-2-1-3-5-11/h1-5,12,17H,6-10H2,(H,15,19)/t12-/m1/s1. The van der Waals surface area contributed by atoms with Gasteiger partial charge in [0.05, 0.1) is 6.10 Å². The van der Waals surface area contributed by atoms with E-state index in [-0.39, 0.29) is 18.2 Å².